The van der Waals surface area contributed by atoms with Crippen molar-refractivity contribution in [3.8, 4) is 11.2 Å². The lowest BCUT2D eigenvalue weighted by Gasteiger charge is -2.47. The van der Waals surface area contributed by atoms with Crippen LogP contribution in [0.1, 0.15) is 75.2 Å². The normalized spacial score (nSPS) is 11.0. The van der Waals surface area contributed by atoms with Gasteiger partial charge in [0.05, 0.1) is 0 Å². The van der Waals surface area contributed by atoms with Crippen LogP contribution in [0.25, 0.3) is 0 Å². The Hall–Kier alpha value is -1.95. The first kappa shape index (κ1) is 33.2. The molecule has 0 heterocycles. The molecule has 186 valence electrons. The Labute approximate surface area is 208 Å². The Bertz CT molecular complexity index is 750. The fourth-order valence-electron chi connectivity index (χ4n) is 2.67. The Morgan fingerprint density at radius 3 is 1.39 bits per heavy atom. The van der Waals surface area contributed by atoms with Crippen LogP contribution in [0.2, 0.25) is 0 Å². The zero-order chi connectivity index (χ0) is 26.0. The SMILES string of the molecule is C=CCC.CC.CCC(C)(C)C#CS(c1ccccc1)(c1ccccc1)C(C)(C)C.CNC. The highest BCUT2D eigenvalue weighted by molar-refractivity contribution is 8.38. The van der Waals surface area contributed by atoms with E-state index in [9.17, 15) is 0 Å². The van der Waals surface area contributed by atoms with Crippen LogP contribution in [0.4, 0.5) is 0 Å². The molecule has 0 spiro atoms. The highest BCUT2D eigenvalue weighted by Crippen LogP contribution is 2.70. The van der Waals surface area contributed by atoms with Crippen molar-refractivity contribution in [2.24, 2.45) is 5.41 Å². The minimum atomic E-state index is -1.47. The van der Waals surface area contributed by atoms with Gasteiger partial charge in [0, 0.05) is 20.0 Å². The predicted octanol–water partition coefficient (Wildman–Crippen LogP) is 9.55. The molecule has 1 N–H and O–H groups in total. The molecule has 2 aromatic rings. The second kappa shape index (κ2) is 17.5. The third kappa shape index (κ3) is 11.1. The van der Waals surface area contributed by atoms with Crippen LogP contribution in [0.3, 0.4) is 0 Å². The van der Waals surface area contributed by atoms with E-state index >= 15 is 0 Å². The van der Waals surface area contributed by atoms with Crippen LogP contribution in [0, 0.1) is 16.6 Å². The minimum Gasteiger partial charge on any atom is -0.323 e. The van der Waals surface area contributed by atoms with E-state index in [1.165, 1.54) is 9.79 Å². The molecule has 0 aliphatic carbocycles. The molecule has 2 aromatic carbocycles. The molecule has 0 aliphatic rings. The molecule has 0 fully saturated rings. The summed E-state index contributed by atoms with van der Waals surface area (Å²) in [5, 5.41) is 6.58. The average Bonchev–Trinajstić information content (AvgIpc) is 2.82. The molecule has 0 radical (unpaired) electrons. The Morgan fingerprint density at radius 1 is 0.818 bits per heavy atom. The Kier molecular flexibility index (Phi) is 17.6. The van der Waals surface area contributed by atoms with Crippen LogP contribution in [-0.4, -0.2) is 18.8 Å². The van der Waals surface area contributed by atoms with E-state index in [1.54, 1.807) is 0 Å². The summed E-state index contributed by atoms with van der Waals surface area (Å²) in [6.45, 7) is 23.2. The van der Waals surface area contributed by atoms with Gasteiger partial charge >= 0.3 is 0 Å². The maximum Gasteiger partial charge on any atom is 0.0264 e. The molecule has 0 aromatic heterocycles. The maximum atomic E-state index is 3.83. The molecule has 0 amide bonds. The first-order valence-corrected chi connectivity index (χ1v) is 13.9. The summed E-state index contributed by atoms with van der Waals surface area (Å²) in [4.78, 5) is 2.70. The molecule has 0 bridgehead atoms. The lowest BCUT2D eigenvalue weighted by Crippen LogP contribution is -2.25. The van der Waals surface area contributed by atoms with Gasteiger partial charge in [-0.3, -0.25) is 0 Å². The zero-order valence-electron chi connectivity index (χ0n) is 23.4. The van der Waals surface area contributed by atoms with Crippen molar-refractivity contribution in [3.63, 3.8) is 0 Å². The van der Waals surface area contributed by atoms with E-state index in [4.69, 9.17) is 0 Å². The molecule has 0 saturated heterocycles. The van der Waals surface area contributed by atoms with Gasteiger partial charge in [-0.15, -0.1) is 16.6 Å². The quantitative estimate of drug-likeness (QED) is 0.347. The fourth-order valence-corrected chi connectivity index (χ4v) is 6.45. The van der Waals surface area contributed by atoms with Crippen molar-refractivity contribution in [3.05, 3.63) is 73.3 Å². The number of nitrogens with one attached hydrogen (secondary N) is 1. The van der Waals surface area contributed by atoms with Crippen molar-refractivity contribution < 1.29 is 0 Å². The van der Waals surface area contributed by atoms with Crippen molar-refractivity contribution in [1.29, 1.82) is 0 Å². The minimum absolute atomic E-state index is 0.0348. The van der Waals surface area contributed by atoms with Gasteiger partial charge in [-0.1, -0.05) is 96.9 Å². The molecule has 2 rings (SSSR count). The topological polar surface area (TPSA) is 12.0 Å². The van der Waals surface area contributed by atoms with Crippen LogP contribution in [0.15, 0.2) is 83.1 Å². The first-order chi connectivity index (χ1) is 15.6. The van der Waals surface area contributed by atoms with Gasteiger partial charge in [-0.25, -0.2) is 0 Å². The number of hydrogen-bond donors (Lipinski definition) is 1. The second-order valence-corrected chi connectivity index (χ2v) is 12.6. The average molecular weight is 470 g/mol. The number of benzene rings is 2. The molecular formula is C31H51NS. The largest absolute Gasteiger partial charge is 0.323 e. The Morgan fingerprint density at radius 2 is 1.15 bits per heavy atom. The highest BCUT2D eigenvalue weighted by Gasteiger charge is 2.39. The number of hydrogen-bond acceptors (Lipinski definition) is 1. The van der Waals surface area contributed by atoms with Gasteiger partial charge in [0.1, 0.15) is 0 Å². The van der Waals surface area contributed by atoms with E-state index in [1.807, 2.05) is 34.0 Å². The van der Waals surface area contributed by atoms with Gasteiger partial charge in [0.2, 0.25) is 0 Å². The maximum absolute atomic E-state index is 3.83. The van der Waals surface area contributed by atoms with Gasteiger partial charge < -0.3 is 5.32 Å². The van der Waals surface area contributed by atoms with Crippen molar-refractivity contribution in [2.75, 3.05) is 14.1 Å². The predicted molar refractivity (Wildman–Crippen MR) is 155 cm³/mol. The monoisotopic (exact) mass is 469 g/mol. The third-order valence-electron chi connectivity index (χ3n) is 4.83. The molecule has 1 nitrogen and oxygen atoms in total. The molecule has 2 heteroatoms. The zero-order valence-corrected chi connectivity index (χ0v) is 24.2. The molecule has 33 heavy (non-hydrogen) atoms. The molecule has 0 aliphatic heterocycles. The molecule has 0 unspecified atom stereocenters. The van der Waals surface area contributed by atoms with Gasteiger partial charge in [-0.2, -0.15) is 0 Å². The van der Waals surface area contributed by atoms with E-state index in [0.29, 0.717) is 0 Å². The molecular weight excluding hydrogens is 418 g/mol. The summed E-state index contributed by atoms with van der Waals surface area (Å²) in [6.07, 6.45) is 4.02. The highest BCUT2D eigenvalue weighted by atomic mass is 32.3. The van der Waals surface area contributed by atoms with E-state index in [-0.39, 0.29) is 10.2 Å². The molecule has 0 saturated carbocycles. The van der Waals surface area contributed by atoms with Crippen LogP contribution in [0.5, 0.6) is 0 Å². The summed E-state index contributed by atoms with van der Waals surface area (Å²) >= 11 is 0. The van der Waals surface area contributed by atoms with E-state index in [0.717, 1.165) is 12.8 Å². The third-order valence-corrected chi connectivity index (χ3v) is 9.03. The summed E-state index contributed by atoms with van der Waals surface area (Å²) < 4.78 is 0.0481. The summed E-state index contributed by atoms with van der Waals surface area (Å²) in [7, 11) is 2.28. The van der Waals surface area contributed by atoms with Crippen molar-refractivity contribution >= 4 is 10.0 Å². The summed E-state index contributed by atoms with van der Waals surface area (Å²) in [6, 6.07) is 21.7. The lowest BCUT2D eigenvalue weighted by molar-refractivity contribution is 0.485. The van der Waals surface area contributed by atoms with Gasteiger partial charge in [-0.05, 0) is 70.3 Å². The summed E-state index contributed by atoms with van der Waals surface area (Å²) in [5.41, 5.74) is 0.0348. The van der Waals surface area contributed by atoms with Crippen molar-refractivity contribution in [1.82, 2.24) is 5.32 Å². The smallest absolute Gasteiger partial charge is 0.0264 e. The Balaban J connectivity index is 0. The van der Waals surface area contributed by atoms with Crippen LogP contribution in [-0.2, 0) is 0 Å². The van der Waals surface area contributed by atoms with Gasteiger partial charge in [0.15, 0.2) is 0 Å². The first-order valence-electron chi connectivity index (χ1n) is 12.2. The van der Waals surface area contributed by atoms with E-state index in [2.05, 4.69) is 132 Å². The number of allylic oxidation sites excluding steroid dienone is 1. The fraction of sp³-hybridized carbons (Fsp3) is 0.484. The van der Waals surface area contributed by atoms with E-state index < -0.39 is 10.0 Å². The standard InChI is InChI=1S/C23H30S.C4H8.C2H7N.C2H6/c1-7-23(5,6)18-19-24(22(2,3)4,20-14-10-8-11-15-20)21-16-12-9-13-17-21;1-3-4-2;1-3-2;1-2/h8-17H,7H2,1-6H3;3H,1,4H2,2H3;3H,1-2H3;1-2H3. The lowest BCUT2D eigenvalue weighted by atomic mass is 9.92. The molecule has 0 atom stereocenters. The van der Waals surface area contributed by atoms with Gasteiger partial charge in [0.25, 0.3) is 0 Å². The summed E-state index contributed by atoms with van der Waals surface area (Å²) in [5.74, 6) is 3.64. The van der Waals surface area contributed by atoms with Crippen LogP contribution >= 0.6 is 10.0 Å². The van der Waals surface area contributed by atoms with Crippen LogP contribution < -0.4 is 5.32 Å². The number of rotatable bonds is 4. The van der Waals surface area contributed by atoms with Crippen molar-refractivity contribution in [2.45, 2.75) is 89.7 Å². The second-order valence-electron chi connectivity index (χ2n) is 9.01.